The van der Waals surface area contributed by atoms with Gasteiger partial charge in [0, 0.05) is 30.2 Å². The normalized spacial score (nSPS) is 10.9. The Hall–Kier alpha value is -3.26. The van der Waals surface area contributed by atoms with E-state index in [9.17, 15) is 19.7 Å². The summed E-state index contributed by atoms with van der Waals surface area (Å²) in [5.74, 6) is -1.53. The number of Topliss-reactive ketones (excluding diaryl/α,β-unsaturated/α-hetero) is 1. The molecule has 0 aliphatic heterocycles. The number of hydrogen-bond acceptors (Lipinski definition) is 7. The average molecular weight is 376 g/mol. The van der Waals surface area contributed by atoms with Crippen molar-refractivity contribution in [3.8, 4) is 0 Å². The van der Waals surface area contributed by atoms with E-state index in [-0.39, 0.29) is 28.6 Å². The topological polar surface area (TPSA) is 111 Å². The lowest BCUT2D eigenvalue weighted by molar-refractivity contribution is -0.384. The second kappa shape index (κ2) is 8.72. The number of esters is 1. The van der Waals surface area contributed by atoms with Crippen molar-refractivity contribution in [2.75, 3.05) is 11.9 Å². The fourth-order valence-electron chi connectivity index (χ4n) is 1.99. The van der Waals surface area contributed by atoms with Crippen molar-refractivity contribution in [3.63, 3.8) is 0 Å². The van der Waals surface area contributed by atoms with Gasteiger partial charge in [0.2, 0.25) is 5.78 Å². The van der Waals surface area contributed by atoms with Gasteiger partial charge in [-0.15, -0.1) is 0 Å². The average Bonchev–Trinajstić information content (AvgIpc) is 2.62. The number of nitrogens with one attached hydrogen (secondary N) is 1. The second-order valence-electron chi connectivity index (χ2n) is 4.90. The van der Waals surface area contributed by atoms with Gasteiger partial charge in [-0.3, -0.25) is 14.9 Å². The van der Waals surface area contributed by atoms with Crippen molar-refractivity contribution in [3.05, 3.63) is 75.2 Å². The monoisotopic (exact) mass is 375 g/mol. The molecule has 0 spiro atoms. The number of anilines is 1. The second-order valence-corrected chi connectivity index (χ2v) is 5.26. The van der Waals surface area contributed by atoms with Gasteiger partial charge < -0.3 is 10.1 Å². The molecule has 0 saturated carbocycles. The number of pyridine rings is 1. The number of ether oxygens (including phenoxy) is 1. The van der Waals surface area contributed by atoms with Gasteiger partial charge in [-0.2, -0.15) is 0 Å². The number of benzene rings is 1. The Bertz CT molecular complexity index is 882. The molecule has 0 unspecified atom stereocenters. The number of ketones is 1. The molecule has 26 heavy (non-hydrogen) atoms. The standard InChI is InChI=1S/C17H14ClN3O5/c1-2-26-17(23)14(15(22)13-7-4-8-19-16(13)18)10-20-11-5-3-6-12(9-11)21(24)25/h3-10,20H,2H2,1H3. The van der Waals surface area contributed by atoms with Crippen molar-refractivity contribution in [1.82, 2.24) is 4.98 Å². The zero-order valence-electron chi connectivity index (χ0n) is 13.6. The number of aromatic nitrogens is 1. The molecule has 1 heterocycles. The summed E-state index contributed by atoms with van der Waals surface area (Å²) in [6, 6.07) is 8.54. The van der Waals surface area contributed by atoms with Crippen molar-refractivity contribution in [1.29, 1.82) is 0 Å². The van der Waals surface area contributed by atoms with E-state index in [4.69, 9.17) is 16.3 Å². The molecule has 1 aromatic carbocycles. The van der Waals surface area contributed by atoms with Gasteiger partial charge in [-0.25, -0.2) is 9.78 Å². The lowest BCUT2D eigenvalue weighted by Gasteiger charge is -2.08. The molecule has 8 nitrogen and oxygen atoms in total. The third-order valence-corrected chi connectivity index (χ3v) is 3.49. The molecule has 9 heteroatoms. The van der Waals surface area contributed by atoms with Gasteiger partial charge in [0.05, 0.1) is 17.1 Å². The number of carbonyl (C=O) groups excluding carboxylic acids is 2. The highest BCUT2D eigenvalue weighted by Crippen LogP contribution is 2.20. The summed E-state index contributed by atoms with van der Waals surface area (Å²) < 4.78 is 4.90. The molecule has 0 bridgehead atoms. The first kappa shape index (κ1) is 19.1. The first-order valence-electron chi connectivity index (χ1n) is 7.47. The molecule has 134 valence electrons. The molecular weight excluding hydrogens is 362 g/mol. The molecule has 2 aromatic rings. The SMILES string of the molecule is CCOC(=O)C(=CNc1cccc([N+](=O)[O-])c1)C(=O)c1cccnc1Cl. The van der Waals surface area contributed by atoms with Crippen molar-refractivity contribution in [2.24, 2.45) is 0 Å². The van der Waals surface area contributed by atoms with Crippen LogP contribution in [-0.4, -0.2) is 28.3 Å². The Labute approximate surface area is 153 Å². The molecule has 0 aliphatic rings. The van der Waals surface area contributed by atoms with E-state index in [0.717, 1.165) is 6.20 Å². The lowest BCUT2D eigenvalue weighted by Crippen LogP contribution is -2.18. The smallest absolute Gasteiger partial charge is 0.343 e. The Morgan fingerprint density at radius 2 is 2.12 bits per heavy atom. The highest BCUT2D eigenvalue weighted by molar-refractivity contribution is 6.36. The first-order valence-corrected chi connectivity index (χ1v) is 7.85. The van der Waals surface area contributed by atoms with Gasteiger partial charge in [-0.05, 0) is 25.1 Å². The fourth-order valence-corrected chi connectivity index (χ4v) is 2.20. The zero-order valence-corrected chi connectivity index (χ0v) is 14.4. The van der Waals surface area contributed by atoms with Crippen LogP contribution in [0.15, 0.2) is 54.4 Å². The maximum atomic E-state index is 12.6. The van der Waals surface area contributed by atoms with Gasteiger partial charge in [0.15, 0.2) is 0 Å². The number of rotatable bonds is 7. The van der Waals surface area contributed by atoms with Crippen LogP contribution in [0.2, 0.25) is 5.15 Å². The largest absolute Gasteiger partial charge is 0.462 e. The number of hydrogen-bond donors (Lipinski definition) is 1. The molecular formula is C17H14ClN3O5. The zero-order chi connectivity index (χ0) is 19.1. The van der Waals surface area contributed by atoms with Crippen LogP contribution in [0.4, 0.5) is 11.4 Å². The minimum Gasteiger partial charge on any atom is -0.462 e. The third-order valence-electron chi connectivity index (χ3n) is 3.18. The number of nitro benzene ring substituents is 1. The molecule has 2 rings (SSSR count). The van der Waals surface area contributed by atoms with Gasteiger partial charge >= 0.3 is 5.97 Å². The number of carbonyl (C=O) groups is 2. The quantitative estimate of drug-likeness (QED) is 0.115. The first-order chi connectivity index (χ1) is 12.4. The van der Waals surface area contributed by atoms with E-state index in [2.05, 4.69) is 10.3 Å². The van der Waals surface area contributed by atoms with Crippen LogP contribution in [0.25, 0.3) is 0 Å². The van der Waals surface area contributed by atoms with Crippen LogP contribution in [0.1, 0.15) is 17.3 Å². The molecule has 1 aromatic heterocycles. The number of non-ortho nitro benzene ring substituents is 1. The molecule has 0 radical (unpaired) electrons. The van der Waals surface area contributed by atoms with Crippen LogP contribution in [0.3, 0.4) is 0 Å². The molecule has 0 amide bonds. The van der Waals surface area contributed by atoms with Crippen LogP contribution < -0.4 is 5.32 Å². The van der Waals surface area contributed by atoms with E-state index in [1.165, 1.54) is 36.5 Å². The van der Waals surface area contributed by atoms with E-state index < -0.39 is 16.7 Å². The maximum absolute atomic E-state index is 12.6. The van der Waals surface area contributed by atoms with E-state index >= 15 is 0 Å². The highest BCUT2D eigenvalue weighted by Gasteiger charge is 2.23. The molecule has 0 fully saturated rings. The maximum Gasteiger partial charge on any atom is 0.343 e. The number of halogens is 1. The predicted molar refractivity (Wildman–Crippen MR) is 95.0 cm³/mol. The van der Waals surface area contributed by atoms with Gasteiger partial charge in [-0.1, -0.05) is 17.7 Å². The van der Waals surface area contributed by atoms with Crippen molar-refractivity contribution >= 4 is 34.7 Å². The van der Waals surface area contributed by atoms with E-state index in [0.29, 0.717) is 5.69 Å². The number of nitrogens with zero attached hydrogens (tertiary/aromatic N) is 2. The van der Waals surface area contributed by atoms with E-state index in [1.807, 2.05) is 0 Å². The summed E-state index contributed by atoms with van der Waals surface area (Å²) in [6.07, 6.45) is 2.54. The summed E-state index contributed by atoms with van der Waals surface area (Å²) in [4.78, 5) is 38.9. The molecule has 0 aliphatic carbocycles. The Morgan fingerprint density at radius 1 is 1.35 bits per heavy atom. The minimum absolute atomic E-state index is 0.0364. The molecule has 0 atom stereocenters. The summed E-state index contributed by atoms with van der Waals surface area (Å²) in [5, 5.41) is 13.5. The molecule has 1 N–H and O–H groups in total. The summed E-state index contributed by atoms with van der Waals surface area (Å²) >= 11 is 5.91. The van der Waals surface area contributed by atoms with E-state index in [1.54, 1.807) is 13.0 Å². The van der Waals surface area contributed by atoms with Gasteiger partial charge in [0.25, 0.3) is 5.69 Å². The minimum atomic E-state index is -0.852. The summed E-state index contributed by atoms with van der Waals surface area (Å²) in [7, 11) is 0. The van der Waals surface area contributed by atoms with Crippen molar-refractivity contribution in [2.45, 2.75) is 6.92 Å². The summed E-state index contributed by atoms with van der Waals surface area (Å²) in [6.45, 7) is 1.67. The van der Waals surface area contributed by atoms with Crippen LogP contribution >= 0.6 is 11.6 Å². The van der Waals surface area contributed by atoms with Crippen LogP contribution in [0.5, 0.6) is 0 Å². The Morgan fingerprint density at radius 3 is 2.77 bits per heavy atom. The Kier molecular flexibility index (Phi) is 6.40. The fraction of sp³-hybridized carbons (Fsp3) is 0.118. The van der Waals surface area contributed by atoms with Crippen LogP contribution in [0, 0.1) is 10.1 Å². The van der Waals surface area contributed by atoms with Gasteiger partial charge in [0.1, 0.15) is 10.7 Å². The number of nitro groups is 1. The highest BCUT2D eigenvalue weighted by atomic mass is 35.5. The Balaban J connectivity index is 2.35. The summed E-state index contributed by atoms with van der Waals surface area (Å²) in [5.41, 5.74) is -0.0867. The predicted octanol–water partition coefficient (Wildman–Crippen LogP) is 3.39. The lowest BCUT2D eigenvalue weighted by atomic mass is 10.1. The molecule has 0 saturated heterocycles. The third kappa shape index (κ3) is 4.64. The van der Waals surface area contributed by atoms with Crippen molar-refractivity contribution < 1.29 is 19.2 Å². The van der Waals surface area contributed by atoms with Crippen LogP contribution in [-0.2, 0) is 9.53 Å².